The summed E-state index contributed by atoms with van der Waals surface area (Å²) in [5.74, 6) is 0.281. The first kappa shape index (κ1) is 13.0. The third-order valence-electron chi connectivity index (χ3n) is 3.93. The minimum Gasteiger partial charge on any atom is -0.352 e. The van der Waals surface area contributed by atoms with Crippen LogP contribution in [0.1, 0.15) is 35.3 Å². The Morgan fingerprint density at radius 1 is 1.50 bits per heavy atom. The Morgan fingerprint density at radius 2 is 2.30 bits per heavy atom. The van der Waals surface area contributed by atoms with Crippen LogP contribution in [0, 0.1) is 12.8 Å². The van der Waals surface area contributed by atoms with E-state index in [9.17, 15) is 9.59 Å². The lowest BCUT2D eigenvalue weighted by molar-refractivity contribution is -0.128. The largest absolute Gasteiger partial charge is 0.352 e. The van der Waals surface area contributed by atoms with E-state index in [1.165, 1.54) is 12.5 Å². The molecule has 2 fully saturated rings. The number of carbonyl (C=O) groups is 2. The van der Waals surface area contributed by atoms with Gasteiger partial charge in [-0.1, -0.05) is 0 Å². The van der Waals surface area contributed by atoms with Crippen molar-refractivity contribution in [3.63, 3.8) is 0 Å². The molecule has 6 nitrogen and oxygen atoms in total. The molecule has 2 amide bonds. The Morgan fingerprint density at radius 3 is 3.00 bits per heavy atom. The summed E-state index contributed by atoms with van der Waals surface area (Å²) >= 11 is 0. The molecule has 1 aliphatic heterocycles. The van der Waals surface area contributed by atoms with Gasteiger partial charge in [-0.2, -0.15) is 0 Å². The molecule has 0 bridgehead atoms. The monoisotopic (exact) mass is 274 g/mol. The van der Waals surface area contributed by atoms with Crippen LogP contribution in [0.25, 0.3) is 0 Å². The number of nitrogens with one attached hydrogen (secondary N) is 1. The van der Waals surface area contributed by atoms with Crippen molar-refractivity contribution in [2.24, 2.45) is 5.92 Å². The lowest BCUT2D eigenvalue weighted by Gasteiger charge is -2.15. The maximum Gasteiger partial charge on any atom is 0.254 e. The highest BCUT2D eigenvalue weighted by Crippen LogP contribution is 2.32. The lowest BCUT2D eigenvalue weighted by atomic mass is 10.1. The Kier molecular flexibility index (Phi) is 3.38. The fourth-order valence-corrected chi connectivity index (χ4v) is 2.63. The van der Waals surface area contributed by atoms with E-state index >= 15 is 0 Å². The van der Waals surface area contributed by atoms with Crippen LogP contribution < -0.4 is 5.32 Å². The molecule has 1 atom stereocenters. The van der Waals surface area contributed by atoms with Crippen molar-refractivity contribution in [3.05, 3.63) is 23.8 Å². The fourth-order valence-electron chi connectivity index (χ4n) is 2.63. The van der Waals surface area contributed by atoms with Gasteiger partial charge in [-0.05, 0) is 19.8 Å². The Balaban J connectivity index is 1.54. The third kappa shape index (κ3) is 2.64. The maximum absolute atomic E-state index is 12.0. The van der Waals surface area contributed by atoms with E-state index in [2.05, 4.69) is 15.3 Å². The summed E-state index contributed by atoms with van der Waals surface area (Å²) in [4.78, 5) is 33.7. The van der Waals surface area contributed by atoms with Gasteiger partial charge in [-0.15, -0.1) is 0 Å². The number of rotatable bonds is 4. The second-order valence-electron chi connectivity index (χ2n) is 5.58. The highest BCUT2D eigenvalue weighted by atomic mass is 16.2. The van der Waals surface area contributed by atoms with Gasteiger partial charge in [0, 0.05) is 37.7 Å². The summed E-state index contributed by atoms with van der Waals surface area (Å²) < 4.78 is 0. The van der Waals surface area contributed by atoms with E-state index in [0.29, 0.717) is 30.3 Å². The molecule has 1 saturated carbocycles. The van der Waals surface area contributed by atoms with Crippen molar-refractivity contribution in [1.82, 2.24) is 20.2 Å². The van der Waals surface area contributed by atoms with Crippen LogP contribution in [-0.2, 0) is 4.79 Å². The van der Waals surface area contributed by atoms with Crippen LogP contribution >= 0.6 is 0 Å². The Hall–Kier alpha value is -1.98. The van der Waals surface area contributed by atoms with E-state index in [1.807, 2.05) is 4.90 Å². The molecule has 1 aliphatic carbocycles. The van der Waals surface area contributed by atoms with Crippen LogP contribution in [-0.4, -0.2) is 45.8 Å². The van der Waals surface area contributed by atoms with Crippen molar-refractivity contribution < 1.29 is 9.59 Å². The molecule has 1 aromatic rings. The second-order valence-corrected chi connectivity index (χ2v) is 5.58. The summed E-state index contributed by atoms with van der Waals surface area (Å²) in [5, 5.41) is 2.88. The Bertz CT molecular complexity index is 542. The zero-order chi connectivity index (χ0) is 14.1. The van der Waals surface area contributed by atoms with E-state index in [0.717, 1.165) is 19.4 Å². The van der Waals surface area contributed by atoms with Gasteiger partial charge in [-0.25, -0.2) is 9.97 Å². The molecule has 0 radical (unpaired) electrons. The number of carbonyl (C=O) groups excluding carboxylic acids is 2. The van der Waals surface area contributed by atoms with Gasteiger partial charge in [-0.3, -0.25) is 9.59 Å². The molecule has 106 valence electrons. The summed E-state index contributed by atoms with van der Waals surface area (Å²) in [7, 11) is 0. The average Bonchev–Trinajstić information content (AvgIpc) is 3.20. The fraction of sp³-hybridized carbons (Fsp3) is 0.571. The summed E-state index contributed by atoms with van der Waals surface area (Å²) in [6.07, 6.45) is 5.75. The molecule has 0 aromatic carbocycles. The molecule has 20 heavy (non-hydrogen) atoms. The number of hydrogen-bond acceptors (Lipinski definition) is 4. The van der Waals surface area contributed by atoms with Crippen LogP contribution in [0.4, 0.5) is 0 Å². The predicted molar refractivity (Wildman–Crippen MR) is 71.9 cm³/mol. The van der Waals surface area contributed by atoms with Crippen LogP contribution in [0.3, 0.4) is 0 Å². The van der Waals surface area contributed by atoms with Crippen molar-refractivity contribution in [2.75, 3.05) is 13.1 Å². The van der Waals surface area contributed by atoms with Gasteiger partial charge in [0.2, 0.25) is 5.91 Å². The van der Waals surface area contributed by atoms with Gasteiger partial charge in [0.25, 0.3) is 5.91 Å². The number of aryl methyl sites for hydroxylation is 1. The number of likely N-dealkylation sites (tertiary alicyclic amines) is 1. The van der Waals surface area contributed by atoms with Gasteiger partial charge in [0.15, 0.2) is 0 Å². The first-order valence-electron chi connectivity index (χ1n) is 6.99. The Labute approximate surface area is 117 Å². The van der Waals surface area contributed by atoms with E-state index in [4.69, 9.17) is 0 Å². The van der Waals surface area contributed by atoms with Crippen molar-refractivity contribution in [3.8, 4) is 0 Å². The van der Waals surface area contributed by atoms with Crippen LogP contribution in [0.2, 0.25) is 0 Å². The predicted octanol–water partition coefficient (Wildman–Crippen LogP) is 0.526. The topological polar surface area (TPSA) is 75.2 Å². The minimum atomic E-state index is -0.166. The molecule has 2 aliphatic rings. The van der Waals surface area contributed by atoms with Crippen LogP contribution in [0.5, 0.6) is 0 Å². The quantitative estimate of drug-likeness (QED) is 0.869. The molecular formula is C14H18N4O2. The van der Waals surface area contributed by atoms with Crippen molar-refractivity contribution in [1.29, 1.82) is 0 Å². The van der Waals surface area contributed by atoms with E-state index in [1.54, 1.807) is 6.92 Å². The molecule has 1 saturated heterocycles. The third-order valence-corrected chi connectivity index (χ3v) is 3.93. The normalized spacial score (nSPS) is 22.1. The molecule has 2 heterocycles. The van der Waals surface area contributed by atoms with Crippen LogP contribution in [0.15, 0.2) is 12.5 Å². The molecule has 1 aromatic heterocycles. The van der Waals surface area contributed by atoms with E-state index in [-0.39, 0.29) is 17.7 Å². The zero-order valence-electron chi connectivity index (χ0n) is 11.5. The average molecular weight is 274 g/mol. The van der Waals surface area contributed by atoms with Gasteiger partial charge in [0.05, 0.1) is 11.3 Å². The van der Waals surface area contributed by atoms with E-state index < -0.39 is 0 Å². The summed E-state index contributed by atoms with van der Waals surface area (Å²) in [6, 6.07) is 0.466. The summed E-state index contributed by atoms with van der Waals surface area (Å²) in [5.41, 5.74) is 1.16. The van der Waals surface area contributed by atoms with Gasteiger partial charge >= 0.3 is 0 Å². The molecular weight excluding hydrogens is 256 g/mol. The standard InChI is InChI=1S/C14H18N4O2/c1-9-12(6-15-8-17-9)14(20)16-5-10-4-13(19)18(7-10)11-2-3-11/h6,8,10-11H,2-5,7H2,1H3,(H,16,20)/t10-/m1/s1. The molecule has 6 heteroatoms. The second kappa shape index (κ2) is 5.19. The number of aromatic nitrogens is 2. The maximum atomic E-state index is 12.0. The first-order chi connectivity index (χ1) is 9.65. The number of nitrogens with zero attached hydrogens (tertiary/aromatic N) is 3. The number of hydrogen-bond donors (Lipinski definition) is 1. The van der Waals surface area contributed by atoms with Gasteiger partial charge in [0.1, 0.15) is 6.33 Å². The molecule has 0 spiro atoms. The first-order valence-corrected chi connectivity index (χ1v) is 6.99. The highest BCUT2D eigenvalue weighted by molar-refractivity contribution is 5.94. The number of amides is 2. The SMILES string of the molecule is Cc1ncncc1C(=O)NC[C@H]1CC(=O)N(C2CC2)C1. The minimum absolute atomic E-state index is 0.166. The smallest absolute Gasteiger partial charge is 0.254 e. The lowest BCUT2D eigenvalue weighted by Crippen LogP contribution is -2.32. The van der Waals surface area contributed by atoms with Crippen molar-refractivity contribution >= 4 is 11.8 Å². The summed E-state index contributed by atoms with van der Waals surface area (Å²) in [6.45, 7) is 3.08. The highest BCUT2D eigenvalue weighted by Gasteiger charge is 2.39. The molecule has 3 rings (SSSR count). The van der Waals surface area contributed by atoms with Gasteiger partial charge < -0.3 is 10.2 Å². The zero-order valence-corrected chi connectivity index (χ0v) is 11.5. The molecule has 0 unspecified atom stereocenters. The molecule has 1 N–H and O–H groups in total. The van der Waals surface area contributed by atoms with Crippen molar-refractivity contribution in [2.45, 2.75) is 32.2 Å².